The van der Waals surface area contributed by atoms with Gasteiger partial charge in [0.15, 0.2) is 0 Å². The van der Waals surface area contributed by atoms with Crippen molar-refractivity contribution in [3.8, 4) is 0 Å². The minimum atomic E-state index is -0.570. The van der Waals surface area contributed by atoms with Gasteiger partial charge in [-0.05, 0) is 32.1 Å². The Bertz CT molecular complexity index is 201. The normalized spacial score (nSPS) is 11.5. The van der Waals surface area contributed by atoms with Crippen LogP contribution < -0.4 is 17.0 Å². The molecule has 0 aliphatic rings. The lowest BCUT2D eigenvalue weighted by atomic mass is 10.1. The molecule has 0 spiro atoms. The Hall–Kier alpha value is 0.910. The summed E-state index contributed by atoms with van der Waals surface area (Å²) in [5.41, 5.74) is 0. The zero-order valence-corrected chi connectivity index (χ0v) is 19.3. The molecular weight excluding hydrogens is 363 g/mol. The van der Waals surface area contributed by atoms with Gasteiger partial charge in [-0.25, -0.2) is 0 Å². The molecule has 0 radical (unpaired) electrons. The highest BCUT2D eigenvalue weighted by Crippen LogP contribution is 2.60. The first kappa shape index (κ1) is 26.1. The van der Waals surface area contributed by atoms with Crippen LogP contribution in [0, 0.1) is 0 Å². The second-order valence-corrected chi connectivity index (χ2v) is 11.9. The minimum Gasteiger partial charge on any atom is -1.00 e. The van der Waals surface area contributed by atoms with Gasteiger partial charge in [-0.2, -0.15) is 0 Å². The predicted octanol–water partition coefficient (Wildman–Crippen LogP) is 5.16. The van der Waals surface area contributed by atoms with Crippen molar-refractivity contribution in [2.24, 2.45) is 0 Å². The molecule has 0 N–H and O–H groups in total. The van der Waals surface area contributed by atoms with E-state index in [0.717, 1.165) is 0 Å². The van der Waals surface area contributed by atoms with Crippen LogP contribution in [0.25, 0.3) is 0 Å². The van der Waals surface area contributed by atoms with Gasteiger partial charge < -0.3 is 17.0 Å². The SMILES string of the molecule is CCCCCCCCCCCC[P+](CCC)(CCC)CCC.[Br-]. The van der Waals surface area contributed by atoms with Crippen molar-refractivity contribution in [1.29, 1.82) is 0 Å². The number of rotatable bonds is 17. The Labute approximate surface area is 160 Å². The first-order valence-corrected chi connectivity index (χ1v) is 13.1. The second kappa shape index (κ2) is 19.2. The van der Waals surface area contributed by atoms with E-state index < -0.39 is 7.26 Å². The van der Waals surface area contributed by atoms with Crippen molar-refractivity contribution >= 4 is 7.26 Å². The lowest BCUT2D eigenvalue weighted by Crippen LogP contribution is -3.00. The average molecular weight is 409 g/mol. The van der Waals surface area contributed by atoms with Crippen LogP contribution in [0.3, 0.4) is 0 Å². The zero-order valence-electron chi connectivity index (χ0n) is 16.8. The van der Waals surface area contributed by atoms with Gasteiger partial charge in [0.2, 0.25) is 0 Å². The van der Waals surface area contributed by atoms with Gasteiger partial charge >= 0.3 is 0 Å². The topological polar surface area (TPSA) is 0 Å². The lowest BCUT2D eigenvalue weighted by Gasteiger charge is -2.27. The molecule has 0 aromatic rings. The smallest absolute Gasteiger partial charge is 0.0594 e. The van der Waals surface area contributed by atoms with E-state index in [4.69, 9.17) is 0 Å². The Balaban J connectivity index is 0. The maximum absolute atomic E-state index is 2.40. The third-order valence-electron chi connectivity index (χ3n) is 5.08. The highest BCUT2D eigenvalue weighted by atomic mass is 79.9. The molecule has 0 atom stereocenters. The van der Waals surface area contributed by atoms with Crippen LogP contribution >= 0.6 is 7.26 Å². The summed E-state index contributed by atoms with van der Waals surface area (Å²) >= 11 is 0. The second-order valence-electron chi connectivity index (χ2n) is 7.42. The highest BCUT2D eigenvalue weighted by Gasteiger charge is 2.33. The monoisotopic (exact) mass is 408 g/mol. The molecule has 0 nitrogen and oxygen atoms in total. The lowest BCUT2D eigenvalue weighted by molar-refractivity contribution is -0.00000516. The molecule has 0 unspecified atom stereocenters. The Kier molecular flexibility index (Phi) is 21.9. The highest BCUT2D eigenvalue weighted by molar-refractivity contribution is 7.75. The molecule has 0 heterocycles. The molecule has 0 aliphatic heterocycles. The van der Waals surface area contributed by atoms with Gasteiger partial charge in [0, 0.05) is 7.26 Å². The van der Waals surface area contributed by atoms with Crippen molar-refractivity contribution in [3.63, 3.8) is 0 Å². The fourth-order valence-electron chi connectivity index (χ4n) is 4.03. The Morgan fingerprint density at radius 3 is 1.09 bits per heavy atom. The largest absolute Gasteiger partial charge is 1.00 e. The Morgan fingerprint density at radius 1 is 0.391 bits per heavy atom. The van der Waals surface area contributed by atoms with E-state index in [1.807, 2.05) is 0 Å². The molecule has 142 valence electrons. The van der Waals surface area contributed by atoms with Crippen molar-refractivity contribution in [3.05, 3.63) is 0 Å². The molecule has 0 aromatic heterocycles. The van der Waals surface area contributed by atoms with Gasteiger partial charge in [-0.15, -0.1) is 0 Å². The summed E-state index contributed by atoms with van der Waals surface area (Å²) in [5.74, 6) is 0. The summed E-state index contributed by atoms with van der Waals surface area (Å²) in [6.07, 6.45) is 25.4. The van der Waals surface area contributed by atoms with Crippen LogP contribution in [-0.4, -0.2) is 24.6 Å². The molecule has 2 heteroatoms. The van der Waals surface area contributed by atoms with Gasteiger partial charge in [0.25, 0.3) is 0 Å². The van der Waals surface area contributed by atoms with Crippen LogP contribution in [0.1, 0.15) is 111 Å². The molecule has 0 aliphatic carbocycles. The maximum atomic E-state index is 2.40. The zero-order chi connectivity index (χ0) is 16.5. The molecule has 0 bridgehead atoms. The van der Waals surface area contributed by atoms with Gasteiger partial charge in [-0.1, -0.05) is 79.1 Å². The van der Waals surface area contributed by atoms with Gasteiger partial charge in [0.1, 0.15) is 0 Å². The molecule has 0 saturated heterocycles. The molecule has 0 fully saturated rings. The van der Waals surface area contributed by atoms with Gasteiger partial charge in [0.05, 0.1) is 24.6 Å². The molecule has 0 saturated carbocycles. The van der Waals surface area contributed by atoms with Crippen LogP contribution in [0.15, 0.2) is 0 Å². The van der Waals surface area contributed by atoms with E-state index in [1.54, 1.807) is 24.6 Å². The number of hydrogen-bond acceptors (Lipinski definition) is 0. The molecule has 0 rings (SSSR count). The van der Waals surface area contributed by atoms with Crippen LogP contribution in [0.5, 0.6) is 0 Å². The summed E-state index contributed by atoms with van der Waals surface area (Å²) in [6, 6.07) is 0. The predicted molar refractivity (Wildman–Crippen MR) is 109 cm³/mol. The summed E-state index contributed by atoms with van der Waals surface area (Å²) in [4.78, 5) is 0. The fourth-order valence-corrected chi connectivity index (χ4v) is 9.11. The van der Waals surface area contributed by atoms with Crippen molar-refractivity contribution in [2.75, 3.05) is 24.6 Å². The van der Waals surface area contributed by atoms with Crippen molar-refractivity contribution in [2.45, 2.75) is 111 Å². The van der Waals surface area contributed by atoms with Crippen LogP contribution in [0.2, 0.25) is 0 Å². The maximum Gasteiger partial charge on any atom is 0.0594 e. The number of unbranched alkanes of at least 4 members (excludes halogenated alkanes) is 9. The van der Waals surface area contributed by atoms with E-state index >= 15 is 0 Å². The van der Waals surface area contributed by atoms with E-state index in [2.05, 4.69) is 27.7 Å². The average Bonchev–Trinajstić information content (AvgIpc) is 2.50. The van der Waals surface area contributed by atoms with Crippen LogP contribution in [-0.2, 0) is 0 Å². The van der Waals surface area contributed by atoms with Gasteiger partial charge in [-0.3, -0.25) is 0 Å². The van der Waals surface area contributed by atoms with E-state index in [1.165, 1.54) is 83.5 Å². The number of halogens is 1. The molecular formula is C21H46BrP. The summed E-state index contributed by atoms with van der Waals surface area (Å²) in [5, 5.41) is 0. The van der Waals surface area contributed by atoms with Crippen molar-refractivity contribution in [1.82, 2.24) is 0 Å². The quantitative estimate of drug-likeness (QED) is 0.230. The standard InChI is InChI=1S/C21H46P.BrH/c1-5-9-10-11-12-13-14-15-16-17-21-22(18-6-2,19-7-3)20-8-4;/h5-21H2,1-4H3;1H/q+1;/p-1. The number of hydrogen-bond donors (Lipinski definition) is 0. The minimum absolute atomic E-state index is 0. The fraction of sp³-hybridized carbons (Fsp3) is 1.00. The van der Waals surface area contributed by atoms with E-state index in [-0.39, 0.29) is 17.0 Å². The molecule has 0 amide bonds. The molecule has 23 heavy (non-hydrogen) atoms. The summed E-state index contributed by atoms with van der Waals surface area (Å²) in [6.45, 7) is 9.51. The van der Waals surface area contributed by atoms with E-state index in [0.29, 0.717) is 0 Å². The van der Waals surface area contributed by atoms with E-state index in [9.17, 15) is 0 Å². The summed E-state index contributed by atoms with van der Waals surface area (Å²) < 4.78 is 0. The first-order valence-electron chi connectivity index (χ1n) is 10.6. The molecule has 0 aromatic carbocycles. The Morgan fingerprint density at radius 2 is 0.739 bits per heavy atom. The third kappa shape index (κ3) is 14.9. The first-order chi connectivity index (χ1) is 10.7. The summed E-state index contributed by atoms with van der Waals surface area (Å²) in [7, 11) is -0.570. The third-order valence-corrected chi connectivity index (χ3v) is 10.5. The van der Waals surface area contributed by atoms with Crippen LogP contribution in [0.4, 0.5) is 0 Å². The van der Waals surface area contributed by atoms with Crippen molar-refractivity contribution < 1.29 is 17.0 Å².